The van der Waals surface area contributed by atoms with E-state index < -0.39 is 0 Å². The minimum absolute atomic E-state index is 0.856. The van der Waals surface area contributed by atoms with Crippen LogP contribution in [0.15, 0.2) is 42.7 Å². The highest BCUT2D eigenvalue weighted by Crippen LogP contribution is 2.29. The standard InChI is InChI=1S/C16H19N3/c17-15-4-3-14-2-1-10-19(16(14)12-15)11-7-13-5-8-18-9-6-13/h3-6,8-9,12H,1-2,7,10-11,17H2. The molecule has 3 rings (SSSR count). The number of hydrogen-bond donors (Lipinski definition) is 1. The van der Waals surface area contributed by atoms with Gasteiger partial charge in [0.1, 0.15) is 0 Å². The van der Waals surface area contributed by atoms with E-state index in [2.05, 4.69) is 34.1 Å². The van der Waals surface area contributed by atoms with Crippen LogP contribution in [0, 0.1) is 0 Å². The third-order valence-corrected chi connectivity index (χ3v) is 3.74. The highest BCUT2D eigenvalue weighted by atomic mass is 15.1. The highest BCUT2D eigenvalue weighted by molar-refractivity contribution is 5.62. The van der Waals surface area contributed by atoms with E-state index >= 15 is 0 Å². The fourth-order valence-corrected chi connectivity index (χ4v) is 2.71. The minimum atomic E-state index is 0.856. The first-order valence-corrected chi connectivity index (χ1v) is 6.85. The molecule has 1 aromatic heterocycles. The lowest BCUT2D eigenvalue weighted by atomic mass is 10.0. The number of nitrogens with zero attached hydrogens (tertiary/aromatic N) is 2. The van der Waals surface area contributed by atoms with Crippen LogP contribution in [0.3, 0.4) is 0 Å². The van der Waals surface area contributed by atoms with E-state index in [4.69, 9.17) is 5.73 Å². The van der Waals surface area contributed by atoms with Gasteiger partial charge in [-0.15, -0.1) is 0 Å². The van der Waals surface area contributed by atoms with Gasteiger partial charge in [0.15, 0.2) is 0 Å². The van der Waals surface area contributed by atoms with E-state index in [1.807, 2.05) is 18.5 Å². The molecule has 1 aliphatic heterocycles. The molecule has 0 bridgehead atoms. The summed E-state index contributed by atoms with van der Waals surface area (Å²) in [4.78, 5) is 6.51. The fraction of sp³-hybridized carbons (Fsp3) is 0.312. The van der Waals surface area contributed by atoms with Crippen LogP contribution >= 0.6 is 0 Å². The molecule has 0 amide bonds. The number of hydrogen-bond acceptors (Lipinski definition) is 3. The molecule has 2 N–H and O–H groups in total. The second-order valence-electron chi connectivity index (χ2n) is 5.08. The maximum atomic E-state index is 5.92. The zero-order chi connectivity index (χ0) is 13.1. The highest BCUT2D eigenvalue weighted by Gasteiger charge is 2.16. The van der Waals surface area contributed by atoms with E-state index in [-0.39, 0.29) is 0 Å². The number of aryl methyl sites for hydroxylation is 1. The topological polar surface area (TPSA) is 42.1 Å². The van der Waals surface area contributed by atoms with Crippen molar-refractivity contribution < 1.29 is 0 Å². The predicted molar refractivity (Wildman–Crippen MR) is 79.3 cm³/mol. The Morgan fingerprint density at radius 2 is 2.00 bits per heavy atom. The molecular formula is C16H19N3. The summed E-state index contributed by atoms with van der Waals surface area (Å²) in [5.74, 6) is 0. The van der Waals surface area contributed by atoms with Gasteiger partial charge < -0.3 is 10.6 Å². The Balaban J connectivity index is 1.75. The van der Waals surface area contributed by atoms with Crippen molar-refractivity contribution in [3.05, 3.63) is 53.9 Å². The number of pyridine rings is 1. The number of nitrogen functional groups attached to an aromatic ring is 1. The summed E-state index contributed by atoms with van der Waals surface area (Å²) in [7, 11) is 0. The summed E-state index contributed by atoms with van der Waals surface area (Å²) < 4.78 is 0. The minimum Gasteiger partial charge on any atom is -0.399 e. The van der Waals surface area contributed by atoms with E-state index in [9.17, 15) is 0 Å². The van der Waals surface area contributed by atoms with E-state index in [1.165, 1.54) is 29.7 Å². The summed E-state index contributed by atoms with van der Waals surface area (Å²) in [6.45, 7) is 2.17. The molecule has 1 aliphatic rings. The quantitative estimate of drug-likeness (QED) is 0.855. The van der Waals surface area contributed by atoms with Gasteiger partial charge in [-0.25, -0.2) is 0 Å². The Kier molecular flexibility index (Phi) is 3.36. The van der Waals surface area contributed by atoms with E-state index in [0.717, 1.165) is 25.2 Å². The van der Waals surface area contributed by atoms with Crippen molar-refractivity contribution in [1.29, 1.82) is 0 Å². The zero-order valence-corrected chi connectivity index (χ0v) is 11.0. The lowest BCUT2D eigenvalue weighted by molar-refractivity contribution is 0.688. The fourth-order valence-electron chi connectivity index (χ4n) is 2.71. The van der Waals surface area contributed by atoms with E-state index in [0.29, 0.717) is 0 Å². The van der Waals surface area contributed by atoms with Crippen molar-refractivity contribution in [2.24, 2.45) is 0 Å². The number of aromatic nitrogens is 1. The van der Waals surface area contributed by atoms with Crippen LogP contribution in [0.2, 0.25) is 0 Å². The molecule has 0 radical (unpaired) electrons. The molecule has 0 aliphatic carbocycles. The molecule has 98 valence electrons. The average molecular weight is 253 g/mol. The number of nitrogens with two attached hydrogens (primary N) is 1. The Hall–Kier alpha value is -2.03. The third-order valence-electron chi connectivity index (χ3n) is 3.74. The van der Waals surface area contributed by atoms with Crippen molar-refractivity contribution in [1.82, 2.24) is 4.98 Å². The molecule has 0 unspecified atom stereocenters. The van der Waals surface area contributed by atoms with Crippen molar-refractivity contribution in [3.63, 3.8) is 0 Å². The lowest BCUT2D eigenvalue weighted by Gasteiger charge is -2.31. The zero-order valence-electron chi connectivity index (χ0n) is 11.0. The maximum Gasteiger partial charge on any atom is 0.0419 e. The molecule has 19 heavy (non-hydrogen) atoms. The second kappa shape index (κ2) is 5.31. The summed E-state index contributed by atoms with van der Waals surface area (Å²) in [6, 6.07) is 10.5. The number of anilines is 2. The molecule has 2 aromatic rings. The molecule has 3 nitrogen and oxygen atoms in total. The number of rotatable bonds is 3. The molecule has 0 spiro atoms. The summed E-state index contributed by atoms with van der Waals surface area (Å²) in [5.41, 5.74) is 10.9. The Morgan fingerprint density at radius 1 is 1.16 bits per heavy atom. The number of benzene rings is 1. The molecule has 0 saturated carbocycles. The Bertz CT molecular complexity index is 551. The van der Waals surface area contributed by atoms with Crippen molar-refractivity contribution in [3.8, 4) is 0 Å². The van der Waals surface area contributed by atoms with Crippen LogP contribution in [0.5, 0.6) is 0 Å². The van der Waals surface area contributed by atoms with E-state index in [1.54, 1.807) is 0 Å². The van der Waals surface area contributed by atoms with Crippen LogP contribution in [-0.4, -0.2) is 18.1 Å². The monoisotopic (exact) mass is 253 g/mol. The van der Waals surface area contributed by atoms with Gasteiger partial charge in [-0.05, 0) is 54.7 Å². The van der Waals surface area contributed by atoms with Gasteiger partial charge in [0.25, 0.3) is 0 Å². The molecular weight excluding hydrogens is 234 g/mol. The van der Waals surface area contributed by atoms with Gasteiger partial charge in [0.2, 0.25) is 0 Å². The van der Waals surface area contributed by atoms with Gasteiger partial charge in [0.05, 0.1) is 0 Å². The van der Waals surface area contributed by atoms with Gasteiger partial charge in [-0.3, -0.25) is 4.98 Å². The third kappa shape index (κ3) is 2.70. The molecule has 0 saturated heterocycles. The predicted octanol–water partition coefficient (Wildman–Crippen LogP) is 2.66. The van der Waals surface area contributed by atoms with Crippen LogP contribution in [0.25, 0.3) is 0 Å². The summed E-state index contributed by atoms with van der Waals surface area (Å²) in [5, 5.41) is 0. The van der Waals surface area contributed by atoms with Crippen molar-refractivity contribution in [2.45, 2.75) is 19.3 Å². The SMILES string of the molecule is Nc1ccc2c(c1)N(CCc1ccncc1)CCC2. The molecule has 3 heteroatoms. The second-order valence-corrected chi connectivity index (χ2v) is 5.08. The normalized spacial score (nSPS) is 14.2. The summed E-state index contributed by atoms with van der Waals surface area (Å²) >= 11 is 0. The van der Waals surface area contributed by atoms with Gasteiger partial charge in [-0.1, -0.05) is 6.07 Å². The van der Waals surface area contributed by atoms with Crippen LogP contribution in [0.4, 0.5) is 11.4 Å². The first-order valence-electron chi connectivity index (χ1n) is 6.85. The van der Waals surface area contributed by atoms with Crippen molar-refractivity contribution in [2.75, 3.05) is 23.7 Å². The van der Waals surface area contributed by atoms with Gasteiger partial charge in [0, 0.05) is 36.9 Å². The maximum absolute atomic E-state index is 5.92. The van der Waals surface area contributed by atoms with Crippen LogP contribution < -0.4 is 10.6 Å². The van der Waals surface area contributed by atoms with Crippen LogP contribution in [-0.2, 0) is 12.8 Å². The molecule has 0 fully saturated rings. The van der Waals surface area contributed by atoms with Gasteiger partial charge >= 0.3 is 0 Å². The Labute approximate surface area is 114 Å². The first kappa shape index (κ1) is 12.0. The average Bonchev–Trinajstić information content (AvgIpc) is 2.46. The first-order chi connectivity index (χ1) is 9.33. The smallest absolute Gasteiger partial charge is 0.0419 e. The molecule has 2 heterocycles. The molecule has 0 atom stereocenters. The van der Waals surface area contributed by atoms with Crippen molar-refractivity contribution >= 4 is 11.4 Å². The Morgan fingerprint density at radius 3 is 2.84 bits per heavy atom. The lowest BCUT2D eigenvalue weighted by Crippen LogP contribution is -2.31. The summed E-state index contributed by atoms with van der Waals surface area (Å²) in [6.07, 6.45) is 7.17. The molecule has 1 aromatic carbocycles. The largest absolute Gasteiger partial charge is 0.399 e. The van der Waals surface area contributed by atoms with Gasteiger partial charge in [-0.2, -0.15) is 0 Å². The number of fused-ring (bicyclic) bond motifs is 1. The van der Waals surface area contributed by atoms with Crippen LogP contribution in [0.1, 0.15) is 17.5 Å².